The van der Waals surface area contributed by atoms with Gasteiger partial charge >= 0.3 is 0 Å². The summed E-state index contributed by atoms with van der Waals surface area (Å²) in [6.45, 7) is 3.58. The molecule has 0 atom stereocenters. The molecule has 0 aliphatic rings. The fourth-order valence-corrected chi connectivity index (χ4v) is 2.98. The molecular formula is C21H25ClN6O. The summed E-state index contributed by atoms with van der Waals surface area (Å²) in [6, 6.07) is 15.8. The normalized spacial score (nSPS) is 11.4. The van der Waals surface area contributed by atoms with Crippen LogP contribution in [0.15, 0.2) is 53.5 Å². The highest BCUT2D eigenvalue weighted by molar-refractivity contribution is 6.32. The predicted octanol–water partition coefficient (Wildman–Crippen LogP) is 3.22. The third-order valence-electron chi connectivity index (χ3n) is 4.54. The first-order valence-electron chi connectivity index (χ1n) is 9.30. The summed E-state index contributed by atoms with van der Waals surface area (Å²) in [5.74, 6) is 3.04. The van der Waals surface area contributed by atoms with E-state index in [2.05, 4.69) is 33.0 Å². The maximum atomic E-state index is 6.22. The summed E-state index contributed by atoms with van der Waals surface area (Å²) in [5, 5.41) is 15.5. The van der Waals surface area contributed by atoms with Crippen molar-refractivity contribution in [1.29, 1.82) is 0 Å². The number of benzene rings is 2. The number of nitrogens with zero attached hydrogens (tertiary/aromatic N) is 4. The van der Waals surface area contributed by atoms with Crippen LogP contribution in [0.4, 0.5) is 0 Å². The summed E-state index contributed by atoms with van der Waals surface area (Å²) < 4.78 is 7.16. The number of aryl methyl sites for hydroxylation is 1. The van der Waals surface area contributed by atoms with Gasteiger partial charge in [-0.2, -0.15) is 0 Å². The standard InChI is InChI=1S/C21H25ClN6O/c1-15-26-27-20(28(15)2)14-25-21(23-12-16-7-5-4-6-8-16)24-13-17-9-10-19(29-3)18(22)11-17/h4-11H,12-14H2,1-3H3,(H2,23,24,25). The molecule has 0 amide bonds. The van der Waals surface area contributed by atoms with Crippen molar-refractivity contribution in [3.05, 3.63) is 76.3 Å². The Morgan fingerprint density at radius 1 is 1.07 bits per heavy atom. The number of aliphatic imine (C=N–C) groups is 1. The Morgan fingerprint density at radius 3 is 2.48 bits per heavy atom. The van der Waals surface area contributed by atoms with E-state index < -0.39 is 0 Å². The van der Waals surface area contributed by atoms with Crippen LogP contribution in [-0.4, -0.2) is 27.8 Å². The molecule has 0 radical (unpaired) electrons. The number of guanidine groups is 1. The Labute approximate surface area is 175 Å². The lowest BCUT2D eigenvalue weighted by Crippen LogP contribution is -2.37. The summed E-state index contributed by atoms with van der Waals surface area (Å²) in [5.41, 5.74) is 2.16. The van der Waals surface area contributed by atoms with Gasteiger partial charge in [-0.3, -0.25) is 0 Å². The SMILES string of the molecule is COc1ccc(CN=C(NCc2ccccc2)NCc2nnc(C)n2C)cc1Cl. The number of aromatic nitrogens is 3. The van der Waals surface area contributed by atoms with E-state index >= 15 is 0 Å². The van der Waals surface area contributed by atoms with E-state index in [0.29, 0.717) is 36.4 Å². The van der Waals surface area contributed by atoms with Gasteiger partial charge in [0.15, 0.2) is 11.8 Å². The smallest absolute Gasteiger partial charge is 0.192 e. The maximum absolute atomic E-state index is 6.22. The van der Waals surface area contributed by atoms with Gasteiger partial charge in [-0.1, -0.05) is 48.0 Å². The van der Waals surface area contributed by atoms with Gasteiger partial charge in [0.25, 0.3) is 0 Å². The molecule has 1 aromatic heterocycles. The Balaban J connectivity index is 1.70. The van der Waals surface area contributed by atoms with Crippen LogP contribution in [0, 0.1) is 6.92 Å². The molecule has 0 saturated heterocycles. The first-order chi connectivity index (χ1) is 14.1. The minimum absolute atomic E-state index is 0.478. The van der Waals surface area contributed by atoms with Crippen LogP contribution in [-0.2, 0) is 26.7 Å². The van der Waals surface area contributed by atoms with Crippen molar-refractivity contribution >= 4 is 17.6 Å². The molecule has 152 valence electrons. The van der Waals surface area contributed by atoms with Gasteiger partial charge < -0.3 is 19.9 Å². The lowest BCUT2D eigenvalue weighted by molar-refractivity contribution is 0.415. The molecular weight excluding hydrogens is 388 g/mol. The van der Waals surface area contributed by atoms with E-state index in [4.69, 9.17) is 21.3 Å². The molecule has 2 aromatic carbocycles. The first-order valence-corrected chi connectivity index (χ1v) is 9.68. The molecule has 0 bridgehead atoms. The Kier molecular flexibility index (Phi) is 7.08. The van der Waals surface area contributed by atoms with Gasteiger partial charge in [0, 0.05) is 13.6 Å². The Bertz CT molecular complexity index is 971. The predicted molar refractivity (Wildman–Crippen MR) is 115 cm³/mol. The minimum atomic E-state index is 0.478. The van der Waals surface area contributed by atoms with E-state index in [0.717, 1.165) is 17.2 Å². The molecule has 0 spiro atoms. The minimum Gasteiger partial charge on any atom is -0.495 e. The summed E-state index contributed by atoms with van der Waals surface area (Å²) in [6.07, 6.45) is 0. The summed E-state index contributed by atoms with van der Waals surface area (Å²) >= 11 is 6.22. The molecule has 0 fully saturated rings. The molecule has 3 aromatic rings. The molecule has 8 heteroatoms. The highest BCUT2D eigenvalue weighted by Gasteiger charge is 2.07. The third-order valence-corrected chi connectivity index (χ3v) is 4.83. The second-order valence-electron chi connectivity index (χ2n) is 6.55. The van der Waals surface area contributed by atoms with Crippen LogP contribution in [0.5, 0.6) is 5.75 Å². The van der Waals surface area contributed by atoms with Crippen LogP contribution < -0.4 is 15.4 Å². The van der Waals surface area contributed by atoms with Gasteiger partial charge in [-0.15, -0.1) is 10.2 Å². The van der Waals surface area contributed by atoms with Gasteiger partial charge in [0.1, 0.15) is 11.6 Å². The van der Waals surface area contributed by atoms with Crippen molar-refractivity contribution in [2.75, 3.05) is 7.11 Å². The lowest BCUT2D eigenvalue weighted by Gasteiger charge is -2.13. The second-order valence-corrected chi connectivity index (χ2v) is 6.96. The number of methoxy groups -OCH3 is 1. The molecule has 0 aliphatic heterocycles. The fraction of sp³-hybridized carbons (Fsp3) is 0.286. The zero-order valence-corrected chi connectivity index (χ0v) is 17.6. The lowest BCUT2D eigenvalue weighted by atomic mass is 10.2. The zero-order chi connectivity index (χ0) is 20.6. The highest BCUT2D eigenvalue weighted by atomic mass is 35.5. The van der Waals surface area contributed by atoms with E-state index in [-0.39, 0.29) is 0 Å². The van der Waals surface area contributed by atoms with Gasteiger partial charge in [-0.25, -0.2) is 4.99 Å². The number of hydrogen-bond acceptors (Lipinski definition) is 4. The molecule has 7 nitrogen and oxygen atoms in total. The third kappa shape index (κ3) is 5.71. The van der Waals surface area contributed by atoms with E-state index in [1.807, 2.05) is 54.9 Å². The number of ether oxygens (including phenoxy) is 1. The summed E-state index contributed by atoms with van der Waals surface area (Å²) in [4.78, 5) is 4.69. The number of rotatable bonds is 7. The largest absolute Gasteiger partial charge is 0.495 e. The fourth-order valence-electron chi connectivity index (χ4n) is 2.70. The number of hydrogen-bond donors (Lipinski definition) is 2. The molecule has 3 rings (SSSR count). The van der Waals surface area contributed by atoms with Crippen molar-refractivity contribution in [2.24, 2.45) is 12.0 Å². The van der Waals surface area contributed by atoms with Crippen LogP contribution >= 0.6 is 11.6 Å². The number of nitrogens with one attached hydrogen (secondary N) is 2. The van der Waals surface area contributed by atoms with Crippen LogP contribution in [0.25, 0.3) is 0 Å². The Hall–Kier alpha value is -3.06. The van der Waals surface area contributed by atoms with Gasteiger partial charge in [-0.05, 0) is 30.2 Å². The van der Waals surface area contributed by atoms with E-state index in [1.165, 1.54) is 5.56 Å². The molecule has 1 heterocycles. The van der Waals surface area contributed by atoms with Crippen LogP contribution in [0.3, 0.4) is 0 Å². The molecule has 2 N–H and O–H groups in total. The molecule has 29 heavy (non-hydrogen) atoms. The number of halogens is 1. The average Bonchev–Trinajstić information content (AvgIpc) is 3.06. The average molecular weight is 413 g/mol. The van der Waals surface area contributed by atoms with E-state index in [1.54, 1.807) is 7.11 Å². The monoisotopic (exact) mass is 412 g/mol. The van der Waals surface area contributed by atoms with Crippen molar-refractivity contribution in [3.8, 4) is 5.75 Å². The van der Waals surface area contributed by atoms with Crippen molar-refractivity contribution in [2.45, 2.75) is 26.6 Å². The Morgan fingerprint density at radius 2 is 1.83 bits per heavy atom. The summed E-state index contributed by atoms with van der Waals surface area (Å²) in [7, 11) is 3.54. The topological polar surface area (TPSA) is 76.4 Å². The van der Waals surface area contributed by atoms with Crippen LogP contribution in [0.1, 0.15) is 22.8 Å². The zero-order valence-electron chi connectivity index (χ0n) is 16.8. The van der Waals surface area contributed by atoms with E-state index in [9.17, 15) is 0 Å². The van der Waals surface area contributed by atoms with Crippen molar-refractivity contribution in [1.82, 2.24) is 25.4 Å². The van der Waals surface area contributed by atoms with Gasteiger partial charge in [0.05, 0.1) is 25.2 Å². The maximum Gasteiger partial charge on any atom is 0.192 e. The highest BCUT2D eigenvalue weighted by Crippen LogP contribution is 2.25. The van der Waals surface area contributed by atoms with Crippen molar-refractivity contribution < 1.29 is 4.74 Å². The first kappa shape index (κ1) is 20.7. The van der Waals surface area contributed by atoms with Crippen LogP contribution in [0.2, 0.25) is 5.02 Å². The molecule has 0 aliphatic carbocycles. The molecule has 0 saturated carbocycles. The van der Waals surface area contributed by atoms with Gasteiger partial charge in [0.2, 0.25) is 0 Å². The van der Waals surface area contributed by atoms with Crippen molar-refractivity contribution in [3.63, 3.8) is 0 Å². The quantitative estimate of drug-likeness (QED) is 0.460. The molecule has 0 unspecified atom stereocenters. The second kappa shape index (κ2) is 9.93.